The molecule has 1 N–H and O–H groups in total. The van der Waals surface area contributed by atoms with Crippen molar-refractivity contribution in [1.29, 1.82) is 0 Å². The van der Waals surface area contributed by atoms with Crippen LogP contribution in [-0.2, 0) is 6.54 Å². The smallest absolute Gasteiger partial charge is 0.261 e. The van der Waals surface area contributed by atoms with Gasteiger partial charge in [-0.25, -0.2) is 18.4 Å². The van der Waals surface area contributed by atoms with Crippen LogP contribution in [0.25, 0.3) is 5.69 Å². The second-order valence-electron chi connectivity index (χ2n) is 6.98. The highest BCUT2D eigenvalue weighted by Crippen LogP contribution is 2.23. The summed E-state index contributed by atoms with van der Waals surface area (Å²) < 4.78 is 30.5. The van der Waals surface area contributed by atoms with Crippen molar-refractivity contribution in [2.45, 2.75) is 20.4 Å². The molecule has 0 saturated heterocycles. The van der Waals surface area contributed by atoms with Crippen LogP contribution >= 0.6 is 11.6 Å². The van der Waals surface area contributed by atoms with E-state index in [0.717, 1.165) is 17.7 Å². The number of hydrogen-bond acceptors (Lipinski definition) is 3. The fourth-order valence-electron chi connectivity index (χ4n) is 3.39. The van der Waals surface area contributed by atoms with E-state index in [9.17, 15) is 13.6 Å². The Labute approximate surface area is 182 Å². The van der Waals surface area contributed by atoms with Crippen molar-refractivity contribution in [3.63, 3.8) is 0 Å². The summed E-state index contributed by atoms with van der Waals surface area (Å²) in [6.45, 7) is 3.72. The van der Waals surface area contributed by atoms with Gasteiger partial charge in [0, 0.05) is 23.5 Å². The molecule has 0 atom stereocenters. The first kappa shape index (κ1) is 20.7. The number of aromatic nitrogens is 4. The fourth-order valence-corrected chi connectivity index (χ4v) is 3.59. The van der Waals surface area contributed by atoms with Gasteiger partial charge in [0.1, 0.15) is 11.5 Å². The van der Waals surface area contributed by atoms with E-state index in [4.69, 9.17) is 11.6 Å². The van der Waals surface area contributed by atoms with Crippen LogP contribution in [0.2, 0.25) is 5.02 Å². The molecule has 9 heteroatoms. The minimum absolute atomic E-state index is 0.0567. The minimum Gasteiger partial charge on any atom is -0.313 e. The summed E-state index contributed by atoms with van der Waals surface area (Å²) in [5.41, 5.74) is 2.05. The van der Waals surface area contributed by atoms with Crippen LogP contribution in [0, 0.1) is 25.5 Å². The first-order valence-electron chi connectivity index (χ1n) is 9.42. The van der Waals surface area contributed by atoms with E-state index >= 15 is 0 Å². The molecule has 6 nitrogen and oxygen atoms in total. The number of carbonyl (C=O) groups excluding carboxylic acids is 1. The van der Waals surface area contributed by atoms with Crippen molar-refractivity contribution in [3.8, 4) is 5.69 Å². The maximum atomic E-state index is 14.2. The van der Waals surface area contributed by atoms with Gasteiger partial charge in [-0.1, -0.05) is 29.8 Å². The van der Waals surface area contributed by atoms with Gasteiger partial charge in [0.25, 0.3) is 5.91 Å². The number of nitrogens with one attached hydrogen (secondary N) is 1. The molecule has 0 unspecified atom stereocenters. The lowest BCUT2D eigenvalue weighted by atomic mass is 10.2. The summed E-state index contributed by atoms with van der Waals surface area (Å²) in [5.74, 6) is -1.56. The largest absolute Gasteiger partial charge is 0.313 e. The number of nitrogens with zero attached hydrogens (tertiary/aromatic N) is 4. The average Bonchev–Trinajstić information content (AvgIpc) is 3.27. The van der Waals surface area contributed by atoms with Crippen LogP contribution in [0.3, 0.4) is 0 Å². The van der Waals surface area contributed by atoms with E-state index < -0.39 is 17.5 Å². The predicted octanol–water partition coefficient (Wildman–Crippen LogP) is 4.92. The molecule has 4 rings (SSSR count). The highest BCUT2D eigenvalue weighted by Gasteiger charge is 2.22. The Kier molecular flexibility index (Phi) is 5.56. The highest BCUT2D eigenvalue weighted by molar-refractivity contribution is 6.31. The molecule has 0 aliphatic heterocycles. The summed E-state index contributed by atoms with van der Waals surface area (Å²) >= 11 is 6.23. The van der Waals surface area contributed by atoms with Crippen LogP contribution in [0.1, 0.15) is 27.3 Å². The van der Waals surface area contributed by atoms with Gasteiger partial charge in [-0.15, -0.1) is 0 Å². The third-order valence-electron chi connectivity index (χ3n) is 4.90. The Hall–Kier alpha value is -3.52. The molecule has 0 saturated carbocycles. The Balaban J connectivity index is 1.62. The highest BCUT2D eigenvalue weighted by atomic mass is 35.5. The Morgan fingerprint density at radius 2 is 1.94 bits per heavy atom. The number of anilines is 1. The Morgan fingerprint density at radius 1 is 1.16 bits per heavy atom. The third-order valence-corrected chi connectivity index (χ3v) is 5.26. The number of amides is 1. The zero-order valence-electron chi connectivity index (χ0n) is 16.7. The summed E-state index contributed by atoms with van der Waals surface area (Å²) in [7, 11) is 0. The first-order chi connectivity index (χ1) is 14.8. The molecule has 0 spiro atoms. The molecule has 0 bridgehead atoms. The molecular formula is C22H18ClF2N5O. The maximum Gasteiger partial charge on any atom is 0.261 e. The van der Waals surface area contributed by atoms with E-state index in [-0.39, 0.29) is 11.3 Å². The number of aryl methyl sites for hydroxylation is 1. The van der Waals surface area contributed by atoms with Gasteiger partial charge in [-0.2, -0.15) is 5.10 Å². The van der Waals surface area contributed by atoms with Gasteiger partial charge in [0.15, 0.2) is 5.82 Å². The summed E-state index contributed by atoms with van der Waals surface area (Å²) in [6.07, 6.45) is 3.31. The van der Waals surface area contributed by atoms with E-state index in [1.165, 1.54) is 10.7 Å². The molecule has 1 amide bonds. The van der Waals surface area contributed by atoms with Gasteiger partial charge in [0.2, 0.25) is 5.95 Å². The van der Waals surface area contributed by atoms with Gasteiger partial charge >= 0.3 is 0 Å². The zero-order valence-corrected chi connectivity index (χ0v) is 17.5. The zero-order chi connectivity index (χ0) is 22.1. The molecule has 2 aromatic carbocycles. The molecule has 0 aliphatic rings. The van der Waals surface area contributed by atoms with Gasteiger partial charge in [0.05, 0.1) is 23.5 Å². The predicted molar refractivity (Wildman–Crippen MR) is 114 cm³/mol. The van der Waals surface area contributed by atoms with Crippen LogP contribution in [0.5, 0.6) is 0 Å². The number of imidazole rings is 1. The summed E-state index contributed by atoms with van der Waals surface area (Å²) in [6, 6.07) is 10.6. The van der Waals surface area contributed by atoms with E-state index in [1.807, 2.05) is 18.2 Å². The molecule has 0 aliphatic carbocycles. The number of benzene rings is 2. The molecule has 2 heterocycles. The number of rotatable bonds is 5. The molecule has 4 aromatic rings. The normalized spacial score (nSPS) is 11.0. The minimum atomic E-state index is -0.771. The van der Waals surface area contributed by atoms with Crippen molar-refractivity contribution in [3.05, 3.63) is 94.0 Å². The van der Waals surface area contributed by atoms with Crippen molar-refractivity contribution < 1.29 is 13.6 Å². The molecule has 2 aromatic heterocycles. The number of halogens is 3. The molecule has 31 heavy (non-hydrogen) atoms. The SMILES string of the molecule is Cc1nn(-c2ccc(F)cc2F)c(C)c1C(=O)Nc1nccn1Cc1ccccc1Cl. The molecular weight excluding hydrogens is 424 g/mol. The Bertz CT molecular complexity index is 1280. The first-order valence-corrected chi connectivity index (χ1v) is 9.80. The van der Waals surface area contributed by atoms with Crippen molar-refractivity contribution in [2.75, 3.05) is 5.32 Å². The number of hydrogen-bond donors (Lipinski definition) is 1. The van der Waals surface area contributed by atoms with Crippen LogP contribution < -0.4 is 5.32 Å². The lowest BCUT2D eigenvalue weighted by molar-refractivity contribution is 0.102. The van der Waals surface area contributed by atoms with Crippen LogP contribution in [-0.4, -0.2) is 25.2 Å². The summed E-state index contributed by atoms with van der Waals surface area (Å²) in [4.78, 5) is 17.2. The monoisotopic (exact) mass is 441 g/mol. The lowest BCUT2D eigenvalue weighted by Gasteiger charge is -2.11. The second-order valence-corrected chi connectivity index (χ2v) is 7.38. The van der Waals surface area contributed by atoms with Crippen LogP contribution in [0.4, 0.5) is 14.7 Å². The van der Waals surface area contributed by atoms with Gasteiger partial charge in [-0.3, -0.25) is 10.1 Å². The van der Waals surface area contributed by atoms with Gasteiger partial charge in [-0.05, 0) is 37.6 Å². The quantitative estimate of drug-likeness (QED) is 0.478. The van der Waals surface area contributed by atoms with Gasteiger partial charge < -0.3 is 4.57 Å². The molecule has 0 fully saturated rings. The standard InChI is InChI=1S/C22H18ClF2N5O/c1-13-20(14(2)30(28-13)19-8-7-16(24)11-18(19)25)21(31)27-22-26-9-10-29(22)12-15-5-3-4-6-17(15)23/h3-11H,12H2,1-2H3,(H,26,27,31). The lowest BCUT2D eigenvalue weighted by Crippen LogP contribution is -2.18. The van der Waals surface area contributed by atoms with E-state index in [0.29, 0.717) is 28.9 Å². The van der Waals surface area contributed by atoms with Crippen molar-refractivity contribution in [1.82, 2.24) is 19.3 Å². The van der Waals surface area contributed by atoms with Crippen molar-refractivity contribution in [2.24, 2.45) is 0 Å². The maximum absolute atomic E-state index is 14.2. The fraction of sp³-hybridized carbons (Fsp3) is 0.136. The molecule has 158 valence electrons. The van der Waals surface area contributed by atoms with Crippen LogP contribution in [0.15, 0.2) is 54.9 Å². The molecule has 0 radical (unpaired) electrons. The average molecular weight is 442 g/mol. The second kappa shape index (κ2) is 8.31. The van der Waals surface area contributed by atoms with E-state index in [2.05, 4.69) is 15.4 Å². The third kappa shape index (κ3) is 4.06. The summed E-state index contributed by atoms with van der Waals surface area (Å²) in [5, 5.41) is 7.66. The number of carbonyl (C=O) groups is 1. The topological polar surface area (TPSA) is 64.7 Å². The van der Waals surface area contributed by atoms with Crippen molar-refractivity contribution >= 4 is 23.5 Å². The van der Waals surface area contributed by atoms with E-state index in [1.54, 1.807) is 36.9 Å². The Morgan fingerprint density at radius 3 is 2.68 bits per heavy atom.